The standard InChI is InChI=1S/C9H9NO4.2C6H14N.O.V/c11-8(12)4-6-2-1-3-7(10-6)5-9(13)14;2*1-2-3-4-5-6-7;;/h1-3H,4-5H2,(H,11,12)(H,13,14);2*7H,2-6H2,1H3;;/q;2*-1;;+2. The van der Waals surface area contributed by atoms with Crippen LogP contribution < -0.4 is 0 Å². The number of pyridine rings is 1. The maximum absolute atomic E-state index is 10.3. The number of rotatable bonds is 12. The SMILES string of the molecule is CCCCCC[NH-].CCCCCC[NH-].O=C(O)Cc1cccc(CC(=O)O)n1.[O]=[V+2]. The molecule has 1 heterocycles. The van der Waals surface area contributed by atoms with E-state index in [0.717, 1.165) is 30.2 Å². The van der Waals surface area contributed by atoms with Gasteiger partial charge in [-0.25, -0.2) is 0 Å². The van der Waals surface area contributed by atoms with Crippen molar-refractivity contribution in [1.29, 1.82) is 0 Å². The van der Waals surface area contributed by atoms with Crippen molar-refractivity contribution in [2.24, 2.45) is 0 Å². The molecule has 0 saturated carbocycles. The summed E-state index contributed by atoms with van der Waals surface area (Å²) in [7, 11) is 0. The van der Waals surface area contributed by atoms with Gasteiger partial charge in [-0.3, -0.25) is 14.6 Å². The van der Waals surface area contributed by atoms with Gasteiger partial charge < -0.3 is 21.7 Å². The van der Waals surface area contributed by atoms with Gasteiger partial charge in [-0.1, -0.05) is 71.3 Å². The van der Waals surface area contributed by atoms with Gasteiger partial charge >= 0.3 is 33.0 Å². The molecule has 0 atom stereocenters. The van der Waals surface area contributed by atoms with Crippen molar-refractivity contribution in [1.82, 2.24) is 4.98 Å². The van der Waals surface area contributed by atoms with Crippen molar-refractivity contribution >= 4 is 11.9 Å². The summed E-state index contributed by atoms with van der Waals surface area (Å²) >= 11 is 1.06. The number of hydrogen-bond acceptors (Lipinski definition) is 4. The van der Waals surface area contributed by atoms with Gasteiger partial charge in [0.15, 0.2) is 0 Å². The number of carbonyl (C=O) groups is 2. The van der Waals surface area contributed by atoms with Crippen LogP contribution in [0.25, 0.3) is 11.5 Å². The van der Waals surface area contributed by atoms with Crippen LogP contribution in [0.2, 0.25) is 0 Å². The second-order valence-corrected chi connectivity index (χ2v) is 6.38. The monoisotopic (exact) mass is 462 g/mol. The Kier molecular flexibility index (Phi) is 30.2. The first-order valence-corrected chi connectivity index (χ1v) is 10.8. The van der Waals surface area contributed by atoms with E-state index in [9.17, 15) is 9.59 Å². The van der Waals surface area contributed by atoms with Crippen LogP contribution in [0.5, 0.6) is 0 Å². The fourth-order valence-corrected chi connectivity index (χ4v) is 2.14. The molecule has 4 N–H and O–H groups in total. The van der Waals surface area contributed by atoms with E-state index in [1.165, 1.54) is 38.5 Å². The molecule has 0 unspecified atom stereocenters. The molecular weight excluding hydrogens is 425 g/mol. The minimum absolute atomic E-state index is 0.187. The van der Waals surface area contributed by atoms with Crippen LogP contribution in [0, 0.1) is 0 Å². The molecule has 171 valence electrons. The third-order valence-corrected chi connectivity index (χ3v) is 3.59. The summed E-state index contributed by atoms with van der Waals surface area (Å²) in [6.45, 7) is 5.59. The molecule has 0 aliphatic rings. The topological polar surface area (TPSA) is 152 Å². The summed E-state index contributed by atoms with van der Waals surface area (Å²) in [5.41, 5.74) is 14.3. The van der Waals surface area contributed by atoms with Crippen molar-refractivity contribution in [2.75, 3.05) is 13.1 Å². The first-order valence-electron chi connectivity index (χ1n) is 10.3. The normalized spacial score (nSPS) is 9.13. The first kappa shape index (κ1) is 33.0. The number of carboxylic acid groups (broad SMARTS) is 2. The summed E-state index contributed by atoms with van der Waals surface area (Å²) in [6, 6.07) is 4.71. The molecule has 0 radical (unpaired) electrons. The van der Waals surface area contributed by atoms with Crippen LogP contribution in [0.3, 0.4) is 0 Å². The van der Waals surface area contributed by atoms with Crippen LogP contribution in [0.15, 0.2) is 18.2 Å². The Balaban J connectivity index is -0.000000387. The van der Waals surface area contributed by atoms with Crippen LogP contribution in [0.1, 0.15) is 76.6 Å². The summed E-state index contributed by atoms with van der Waals surface area (Å²) in [6.07, 6.45) is 9.47. The van der Waals surface area contributed by atoms with E-state index in [2.05, 4.69) is 18.8 Å². The first-order chi connectivity index (χ1) is 14.4. The number of hydrogen-bond donors (Lipinski definition) is 2. The van der Waals surface area contributed by atoms with Gasteiger partial charge in [0.05, 0.1) is 24.2 Å². The quantitative estimate of drug-likeness (QED) is 0.394. The molecule has 0 spiro atoms. The average Bonchev–Trinajstić information content (AvgIpc) is 2.71. The van der Waals surface area contributed by atoms with Crippen molar-refractivity contribution < 1.29 is 40.8 Å². The zero-order valence-electron chi connectivity index (χ0n) is 18.2. The zero-order valence-corrected chi connectivity index (χ0v) is 19.6. The Morgan fingerprint density at radius 3 is 1.43 bits per heavy atom. The van der Waals surface area contributed by atoms with Crippen LogP contribution in [-0.2, 0) is 43.5 Å². The number of aromatic nitrogens is 1. The Hall–Kier alpha value is -1.61. The van der Waals surface area contributed by atoms with E-state index in [-0.39, 0.29) is 12.8 Å². The second-order valence-electron chi connectivity index (χ2n) is 6.38. The van der Waals surface area contributed by atoms with Gasteiger partial charge in [0.2, 0.25) is 0 Å². The van der Waals surface area contributed by atoms with E-state index in [1.807, 2.05) is 0 Å². The molecular formula is C21H37N3O5V. The van der Waals surface area contributed by atoms with Gasteiger partial charge in [0.25, 0.3) is 0 Å². The van der Waals surface area contributed by atoms with E-state index >= 15 is 0 Å². The fraction of sp³-hybridized carbons (Fsp3) is 0.667. The molecule has 0 aliphatic heterocycles. The predicted molar refractivity (Wildman–Crippen MR) is 114 cm³/mol. The maximum atomic E-state index is 10.3. The zero-order chi connectivity index (χ0) is 23.6. The Morgan fingerprint density at radius 1 is 0.800 bits per heavy atom. The van der Waals surface area contributed by atoms with E-state index in [1.54, 1.807) is 18.2 Å². The molecule has 30 heavy (non-hydrogen) atoms. The fourth-order valence-electron chi connectivity index (χ4n) is 2.14. The summed E-state index contributed by atoms with van der Waals surface area (Å²) < 4.78 is 8.19. The van der Waals surface area contributed by atoms with Gasteiger partial charge in [-0.15, -0.1) is 0 Å². The Bertz CT molecular complexity index is 484. The molecule has 0 aliphatic carbocycles. The summed E-state index contributed by atoms with van der Waals surface area (Å²) in [5.74, 6) is -1.96. The number of unbranched alkanes of at least 4 members (excludes halogenated alkanes) is 6. The molecule has 1 aromatic rings. The van der Waals surface area contributed by atoms with E-state index < -0.39 is 11.9 Å². The van der Waals surface area contributed by atoms with Crippen molar-refractivity contribution in [3.63, 3.8) is 0 Å². The Morgan fingerprint density at radius 2 is 1.17 bits per heavy atom. The molecule has 0 saturated heterocycles. The molecule has 1 rings (SSSR count). The summed E-state index contributed by atoms with van der Waals surface area (Å²) in [5, 5.41) is 17.0. The third-order valence-electron chi connectivity index (χ3n) is 3.59. The number of carboxylic acids is 2. The number of aliphatic carboxylic acids is 2. The van der Waals surface area contributed by atoms with Crippen molar-refractivity contribution in [3.8, 4) is 0 Å². The van der Waals surface area contributed by atoms with E-state index in [4.69, 9.17) is 25.4 Å². The summed E-state index contributed by atoms with van der Waals surface area (Å²) in [4.78, 5) is 24.6. The van der Waals surface area contributed by atoms with Crippen LogP contribution in [0.4, 0.5) is 0 Å². The minimum atomic E-state index is -0.982. The third kappa shape index (κ3) is 28.6. The van der Waals surface area contributed by atoms with Gasteiger partial charge in [-0.2, -0.15) is 13.1 Å². The molecule has 0 fully saturated rings. The Labute approximate surface area is 190 Å². The van der Waals surface area contributed by atoms with Gasteiger partial charge in [-0.05, 0) is 12.1 Å². The van der Waals surface area contributed by atoms with Crippen molar-refractivity contribution in [2.45, 2.75) is 78.1 Å². The van der Waals surface area contributed by atoms with Gasteiger partial charge in [0.1, 0.15) is 0 Å². The number of nitrogens with one attached hydrogen (secondary N) is 2. The second kappa shape index (κ2) is 27.4. The molecule has 0 amide bonds. The molecule has 1 aromatic heterocycles. The number of nitrogens with zero attached hydrogens (tertiary/aromatic N) is 1. The van der Waals surface area contributed by atoms with Crippen LogP contribution >= 0.6 is 0 Å². The molecule has 0 bridgehead atoms. The predicted octanol–water partition coefficient (Wildman–Crippen LogP) is 5.45. The molecule has 9 heteroatoms. The molecule has 0 aromatic carbocycles. The van der Waals surface area contributed by atoms with E-state index in [0.29, 0.717) is 24.5 Å². The average molecular weight is 462 g/mol. The van der Waals surface area contributed by atoms with Crippen molar-refractivity contribution in [3.05, 3.63) is 41.1 Å². The van der Waals surface area contributed by atoms with Gasteiger partial charge in [0, 0.05) is 0 Å². The van der Waals surface area contributed by atoms with Crippen LogP contribution in [-0.4, -0.2) is 40.2 Å². The molecule has 8 nitrogen and oxygen atoms in total.